The fraction of sp³-hybridized carbons (Fsp3) is 0.500. The van der Waals surface area contributed by atoms with Crippen molar-refractivity contribution in [2.45, 2.75) is 6.10 Å². The van der Waals surface area contributed by atoms with E-state index in [1.165, 1.54) is 6.07 Å². The molecule has 17 heavy (non-hydrogen) atoms. The minimum atomic E-state index is -0.263. The van der Waals surface area contributed by atoms with Crippen LogP contribution in [-0.2, 0) is 4.74 Å². The van der Waals surface area contributed by atoms with Crippen molar-refractivity contribution in [3.8, 4) is 0 Å². The first-order valence-electron chi connectivity index (χ1n) is 5.65. The molecular formula is C12H16ClFN2O. The number of nitrogens with one attached hydrogen (secondary N) is 1. The Kier molecular flexibility index (Phi) is 4.20. The summed E-state index contributed by atoms with van der Waals surface area (Å²) in [6, 6.07) is 4.56. The predicted octanol–water partition coefficient (Wildman–Crippen LogP) is 1.90. The number of hydrogen-bond acceptors (Lipinski definition) is 3. The number of rotatable bonds is 3. The van der Waals surface area contributed by atoms with E-state index < -0.39 is 0 Å². The fourth-order valence-electron chi connectivity index (χ4n) is 1.92. The topological polar surface area (TPSA) is 24.5 Å². The summed E-state index contributed by atoms with van der Waals surface area (Å²) in [5.41, 5.74) is 0.506. The van der Waals surface area contributed by atoms with Crippen LogP contribution < -0.4 is 10.2 Å². The van der Waals surface area contributed by atoms with Crippen LogP contribution in [0.2, 0.25) is 5.02 Å². The predicted molar refractivity (Wildman–Crippen MR) is 67.3 cm³/mol. The zero-order valence-electron chi connectivity index (χ0n) is 9.75. The smallest absolute Gasteiger partial charge is 0.146 e. The second-order valence-corrected chi connectivity index (χ2v) is 4.61. The molecule has 0 aromatic heterocycles. The Bertz CT molecular complexity index is 383. The van der Waals surface area contributed by atoms with E-state index in [-0.39, 0.29) is 11.9 Å². The van der Waals surface area contributed by atoms with Gasteiger partial charge in [-0.2, -0.15) is 0 Å². The van der Waals surface area contributed by atoms with Gasteiger partial charge in [-0.05, 0) is 18.2 Å². The highest BCUT2D eigenvalue weighted by molar-refractivity contribution is 6.30. The summed E-state index contributed by atoms with van der Waals surface area (Å²) in [6.07, 6.45) is 0.0899. The molecule has 3 nitrogen and oxygen atoms in total. The first-order valence-corrected chi connectivity index (χ1v) is 6.03. The summed E-state index contributed by atoms with van der Waals surface area (Å²) in [5.74, 6) is -0.263. The molecule has 0 radical (unpaired) electrons. The normalized spacial score (nSPS) is 20.3. The third kappa shape index (κ3) is 3.31. The molecule has 1 N–H and O–H groups in total. The number of morpholine rings is 1. The van der Waals surface area contributed by atoms with E-state index in [9.17, 15) is 4.39 Å². The van der Waals surface area contributed by atoms with Gasteiger partial charge >= 0.3 is 0 Å². The van der Waals surface area contributed by atoms with Gasteiger partial charge in [0.05, 0.1) is 18.4 Å². The quantitative estimate of drug-likeness (QED) is 0.896. The first kappa shape index (κ1) is 12.6. The number of anilines is 1. The van der Waals surface area contributed by atoms with E-state index >= 15 is 0 Å². The number of ether oxygens (including phenoxy) is 1. The van der Waals surface area contributed by atoms with Crippen LogP contribution in [-0.4, -0.2) is 39.4 Å². The molecule has 1 aliphatic heterocycles. The zero-order chi connectivity index (χ0) is 12.3. The Morgan fingerprint density at radius 3 is 3.12 bits per heavy atom. The molecule has 5 heteroatoms. The van der Waals surface area contributed by atoms with Crippen LogP contribution in [0.5, 0.6) is 0 Å². The highest BCUT2D eigenvalue weighted by Gasteiger charge is 2.17. The van der Waals surface area contributed by atoms with Crippen LogP contribution in [0.25, 0.3) is 0 Å². The number of benzene rings is 1. The lowest BCUT2D eigenvalue weighted by atomic mass is 10.2. The largest absolute Gasteiger partial charge is 0.374 e. The van der Waals surface area contributed by atoms with E-state index in [1.807, 2.05) is 11.9 Å². The molecule has 1 heterocycles. The highest BCUT2D eigenvalue weighted by Crippen LogP contribution is 2.23. The van der Waals surface area contributed by atoms with Crippen molar-refractivity contribution in [2.75, 3.05) is 38.2 Å². The lowest BCUT2D eigenvalue weighted by Crippen LogP contribution is -2.44. The molecule has 1 unspecified atom stereocenters. The van der Waals surface area contributed by atoms with Crippen LogP contribution in [0.4, 0.5) is 10.1 Å². The third-order valence-electron chi connectivity index (χ3n) is 2.80. The Labute approximate surface area is 106 Å². The molecule has 1 aliphatic rings. The van der Waals surface area contributed by atoms with Crippen molar-refractivity contribution in [1.82, 2.24) is 5.32 Å². The number of hydrogen-bond donors (Lipinski definition) is 1. The monoisotopic (exact) mass is 258 g/mol. The third-order valence-corrected chi connectivity index (χ3v) is 3.04. The SMILES string of the molecule is CN(CC1CNCCO1)c1cc(Cl)ccc1F. The summed E-state index contributed by atoms with van der Waals surface area (Å²) in [7, 11) is 1.84. The molecule has 0 aliphatic carbocycles. The highest BCUT2D eigenvalue weighted by atomic mass is 35.5. The first-order chi connectivity index (χ1) is 8.16. The summed E-state index contributed by atoms with van der Waals surface area (Å²) in [6.45, 7) is 3.03. The Balaban J connectivity index is 2.02. The molecule has 0 bridgehead atoms. The van der Waals surface area contributed by atoms with E-state index in [2.05, 4.69) is 5.32 Å². The molecule has 0 spiro atoms. The summed E-state index contributed by atoms with van der Waals surface area (Å²) < 4.78 is 19.2. The van der Waals surface area contributed by atoms with Gasteiger partial charge < -0.3 is 15.0 Å². The molecule has 0 saturated carbocycles. The van der Waals surface area contributed by atoms with Crippen LogP contribution >= 0.6 is 11.6 Å². The Morgan fingerprint density at radius 1 is 1.59 bits per heavy atom. The van der Waals surface area contributed by atoms with Crippen LogP contribution in [0.15, 0.2) is 18.2 Å². The molecule has 0 amide bonds. The van der Waals surface area contributed by atoms with Gasteiger partial charge in [-0.3, -0.25) is 0 Å². The molecular weight excluding hydrogens is 243 g/mol. The van der Waals surface area contributed by atoms with Gasteiger partial charge in [0, 0.05) is 31.7 Å². The van der Waals surface area contributed by atoms with Gasteiger partial charge in [0.2, 0.25) is 0 Å². The van der Waals surface area contributed by atoms with Crippen molar-refractivity contribution in [3.63, 3.8) is 0 Å². The minimum absolute atomic E-state index is 0.0899. The maximum Gasteiger partial charge on any atom is 0.146 e. The van der Waals surface area contributed by atoms with Gasteiger partial charge in [0.15, 0.2) is 0 Å². The van der Waals surface area contributed by atoms with Crippen molar-refractivity contribution in [1.29, 1.82) is 0 Å². The molecule has 94 valence electrons. The van der Waals surface area contributed by atoms with E-state index in [0.29, 0.717) is 23.9 Å². The maximum absolute atomic E-state index is 13.6. The lowest BCUT2D eigenvalue weighted by Gasteiger charge is -2.29. The Morgan fingerprint density at radius 2 is 2.41 bits per heavy atom. The number of halogens is 2. The molecule has 1 saturated heterocycles. The molecule has 1 atom stereocenters. The van der Waals surface area contributed by atoms with Crippen molar-refractivity contribution in [2.24, 2.45) is 0 Å². The molecule has 1 aromatic carbocycles. The van der Waals surface area contributed by atoms with Gasteiger partial charge in [0.1, 0.15) is 5.82 Å². The van der Waals surface area contributed by atoms with Crippen molar-refractivity contribution in [3.05, 3.63) is 29.0 Å². The van der Waals surface area contributed by atoms with Gasteiger partial charge in [-0.15, -0.1) is 0 Å². The summed E-state index contributed by atoms with van der Waals surface area (Å²) in [5, 5.41) is 3.78. The summed E-state index contributed by atoms with van der Waals surface area (Å²) >= 11 is 5.87. The standard InChI is InChI=1S/C12H16ClFN2O/c1-16(8-10-7-15-4-5-17-10)12-6-9(13)2-3-11(12)14/h2-3,6,10,15H,4-5,7-8H2,1H3. The second-order valence-electron chi connectivity index (χ2n) is 4.17. The molecule has 1 aromatic rings. The van der Waals surface area contributed by atoms with Crippen LogP contribution in [0, 0.1) is 5.82 Å². The molecule has 2 rings (SSSR count). The average molecular weight is 259 g/mol. The second kappa shape index (κ2) is 5.67. The minimum Gasteiger partial charge on any atom is -0.374 e. The molecule has 1 fully saturated rings. The lowest BCUT2D eigenvalue weighted by molar-refractivity contribution is 0.0339. The van der Waals surface area contributed by atoms with E-state index in [0.717, 1.165) is 13.1 Å². The average Bonchev–Trinajstić information content (AvgIpc) is 2.33. The Hall–Kier alpha value is -0.840. The number of likely N-dealkylation sites (N-methyl/N-ethyl adjacent to an activating group) is 1. The number of nitrogens with zero attached hydrogens (tertiary/aromatic N) is 1. The van der Waals surface area contributed by atoms with Crippen molar-refractivity contribution >= 4 is 17.3 Å². The van der Waals surface area contributed by atoms with Crippen LogP contribution in [0.1, 0.15) is 0 Å². The van der Waals surface area contributed by atoms with E-state index in [4.69, 9.17) is 16.3 Å². The van der Waals surface area contributed by atoms with Crippen molar-refractivity contribution < 1.29 is 9.13 Å². The van der Waals surface area contributed by atoms with Gasteiger partial charge in [-0.25, -0.2) is 4.39 Å². The van der Waals surface area contributed by atoms with Gasteiger partial charge in [-0.1, -0.05) is 11.6 Å². The van der Waals surface area contributed by atoms with Crippen LogP contribution in [0.3, 0.4) is 0 Å². The summed E-state index contributed by atoms with van der Waals surface area (Å²) in [4.78, 5) is 1.83. The maximum atomic E-state index is 13.6. The fourth-order valence-corrected chi connectivity index (χ4v) is 2.09. The zero-order valence-corrected chi connectivity index (χ0v) is 10.5. The van der Waals surface area contributed by atoms with Gasteiger partial charge in [0.25, 0.3) is 0 Å². The van der Waals surface area contributed by atoms with E-state index in [1.54, 1.807) is 12.1 Å².